The molecule has 0 fully saturated rings. The van der Waals surface area contributed by atoms with E-state index in [1.165, 1.54) is 0 Å². The van der Waals surface area contributed by atoms with Crippen molar-refractivity contribution in [2.24, 2.45) is 11.5 Å². The number of amides is 2. The van der Waals surface area contributed by atoms with Gasteiger partial charge in [-0.15, -0.1) is 0 Å². The first kappa shape index (κ1) is 18.9. The predicted molar refractivity (Wildman–Crippen MR) is 75.9 cm³/mol. The Kier molecular flexibility index (Phi) is 6.98. The van der Waals surface area contributed by atoms with Crippen molar-refractivity contribution >= 4 is 11.8 Å². The van der Waals surface area contributed by atoms with Gasteiger partial charge in [0.05, 0.1) is 19.8 Å². The van der Waals surface area contributed by atoms with Gasteiger partial charge in [0, 0.05) is 12.6 Å². The van der Waals surface area contributed by atoms with Gasteiger partial charge in [-0.3, -0.25) is 9.59 Å². The first-order valence-corrected chi connectivity index (χ1v) is 6.71. The first-order valence-electron chi connectivity index (χ1n) is 6.71. The maximum absolute atomic E-state index is 12.5. The van der Waals surface area contributed by atoms with Gasteiger partial charge in [-0.05, 0) is 5.56 Å². The Morgan fingerprint density at radius 1 is 1.22 bits per heavy atom. The molecule has 2 amide bonds. The molecule has 0 aliphatic rings. The highest BCUT2D eigenvalue weighted by atomic mass is 19.4. The highest BCUT2D eigenvalue weighted by Gasteiger charge is 2.43. The molecule has 0 aliphatic heterocycles. The molecule has 1 rings (SSSR count). The maximum Gasteiger partial charge on any atom is 0.471 e. The van der Waals surface area contributed by atoms with E-state index in [1.54, 1.807) is 0 Å². The largest absolute Gasteiger partial charge is 0.471 e. The Morgan fingerprint density at radius 3 is 2.35 bits per heavy atom. The zero-order valence-electron chi connectivity index (χ0n) is 12.3. The van der Waals surface area contributed by atoms with Gasteiger partial charge in [0.25, 0.3) is 0 Å². The first-order chi connectivity index (χ1) is 10.7. The number of nitrogens with two attached hydrogens (primary N) is 2. The van der Waals surface area contributed by atoms with Crippen molar-refractivity contribution < 1.29 is 27.5 Å². The summed E-state index contributed by atoms with van der Waals surface area (Å²) in [6.07, 6.45) is -5.10. The highest BCUT2D eigenvalue weighted by molar-refractivity contribution is 5.86. The second kappa shape index (κ2) is 8.49. The van der Waals surface area contributed by atoms with E-state index in [9.17, 15) is 22.8 Å². The van der Waals surface area contributed by atoms with E-state index >= 15 is 0 Å². The molecular weight excluding hydrogens is 315 g/mol. The molecule has 23 heavy (non-hydrogen) atoms. The molecule has 128 valence electrons. The number of alkyl halides is 3. The van der Waals surface area contributed by atoms with Gasteiger partial charge < -0.3 is 21.1 Å². The average molecular weight is 333 g/mol. The van der Waals surface area contributed by atoms with Crippen LogP contribution in [0.2, 0.25) is 0 Å². The van der Waals surface area contributed by atoms with Crippen LogP contribution in [0.25, 0.3) is 0 Å². The molecule has 0 aromatic heterocycles. The smallest absolute Gasteiger partial charge is 0.375 e. The number of hydrogen-bond acceptors (Lipinski definition) is 4. The molecule has 9 heteroatoms. The fraction of sp³-hybridized carbons (Fsp3) is 0.429. The molecule has 0 heterocycles. The highest BCUT2D eigenvalue weighted by Crippen LogP contribution is 2.18. The summed E-state index contributed by atoms with van der Waals surface area (Å²) in [5.74, 6) is -3.21. The SMILES string of the molecule is NC(=O)CN(C[C@@H](N)COCc1ccccc1)C(=O)C(F)(F)F. The molecule has 0 aliphatic carbocycles. The van der Waals surface area contributed by atoms with E-state index in [0.29, 0.717) is 0 Å². The Labute approximate surface area is 131 Å². The third-order valence-corrected chi connectivity index (χ3v) is 2.77. The second-order valence-corrected chi connectivity index (χ2v) is 4.91. The van der Waals surface area contributed by atoms with E-state index in [0.717, 1.165) is 5.56 Å². The minimum atomic E-state index is -5.10. The molecule has 0 spiro atoms. The molecule has 4 N–H and O–H groups in total. The predicted octanol–water partition coefficient (Wildman–Crippen LogP) is 0.407. The van der Waals surface area contributed by atoms with Gasteiger partial charge in [0.15, 0.2) is 0 Å². The zero-order chi connectivity index (χ0) is 17.5. The number of carbonyl (C=O) groups excluding carboxylic acids is 2. The van der Waals surface area contributed by atoms with Crippen LogP contribution in [0.3, 0.4) is 0 Å². The van der Waals surface area contributed by atoms with Gasteiger partial charge in [-0.25, -0.2) is 0 Å². The normalized spacial score (nSPS) is 12.7. The van der Waals surface area contributed by atoms with Crippen LogP contribution >= 0.6 is 0 Å². The van der Waals surface area contributed by atoms with Crippen LogP contribution in [0.15, 0.2) is 30.3 Å². The van der Waals surface area contributed by atoms with Crippen LogP contribution in [0.1, 0.15) is 5.56 Å². The molecule has 0 saturated heterocycles. The summed E-state index contributed by atoms with van der Waals surface area (Å²) in [7, 11) is 0. The van der Waals surface area contributed by atoms with Gasteiger partial charge in [0.1, 0.15) is 0 Å². The number of ether oxygens (including phenoxy) is 1. The topological polar surface area (TPSA) is 98.7 Å². The van der Waals surface area contributed by atoms with Crippen molar-refractivity contribution in [1.29, 1.82) is 0 Å². The van der Waals surface area contributed by atoms with E-state index in [-0.39, 0.29) is 18.1 Å². The monoisotopic (exact) mass is 333 g/mol. The number of halogens is 3. The summed E-state index contributed by atoms with van der Waals surface area (Å²) >= 11 is 0. The van der Waals surface area contributed by atoms with Crippen LogP contribution in [0.4, 0.5) is 13.2 Å². The van der Waals surface area contributed by atoms with Gasteiger partial charge in [0.2, 0.25) is 5.91 Å². The number of benzene rings is 1. The lowest BCUT2D eigenvalue weighted by Gasteiger charge is -2.25. The average Bonchev–Trinajstić information content (AvgIpc) is 2.45. The van der Waals surface area contributed by atoms with Crippen LogP contribution < -0.4 is 11.5 Å². The fourth-order valence-electron chi connectivity index (χ4n) is 1.82. The van der Waals surface area contributed by atoms with Crippen molar-refractivity contribution in [1.82, 2.24) is 4.90 Å². The molecular formula is C14H18F3N3O3. The van der Waals surface area contributed by atoms with E-state index in [1.807, 2.05) is 30.3 Å². The third kappa shape index (κ3) is 7.11. The molecule has 6 nitrogen and oxygen atoms in total. The zero-order valence-corrected chi connectivity index (χ0v) is 12.3. The fourth-order valence-corrected chi connectivity index (χ4v) is 1.82. The van der Waals surface area contributed by atoms with Crippen molar-refractivity contribution in [3.8, 4) is 0 Å². The van der Waals surface area contributed by atoms with Crippen LogP contribution in [-0.4, -0.2) is 48.6 Å². The number of nitrogens with zero attached hydrogens (tertiary/aromatic N) is 1. The number of rotatable bonds is 8. The summed E-state index contributed by atoms with van der Waals surface area (Å²) < 4.78 is 42.7. The van der Waals surface area contributed by atoms with E-state index < -0.39 is 37.1 Å². The van der Waals surface area contributed by atoms with Crippen molar-refractivity contribution in [3.63, 3.8) is 0 Å². The minimum Gasteiger partial charge on any atom is -0.375 e. The molecule has 1 aromatic carbocycles. The molecule has 0 unspecified atom stereocenters. The molecule has 0 bridgehead atoms. The Hall–Kier alpha value is -2.13. The van der Waals surface area contributed by atoms with Crippen LogP contribution in [-0.2, 0) is 20.9 Å². The van der Waals surface area contributed by atoms with Gasteiger partial charge >= 0.3 is 12.1 Å². The summed E-state index contributed by atoms with van der Waals surface area (Å²) in [4.78, 5) is 22.3. The summed E-state index contributed by atoms with van der Waals surface area (Å²) in [6.45, 7) is -1.19. The van der Waals surface area contributed by atoms with Crippen molar-refractivity contribution in [2.45, 2.75) is 18.8 Å². The van der Waals surface area contributed by atoms with Crippen molar-refractivity contribution in [2.75, 3.05) is 19.7 Å². The molecule has 1 atom stereocenters. The quantitative estimate of drug-likeness (QED) is 0.720. The summed E-state index contributed by atoms with van der Waals surface area (Å²) in [5, 5.41) is 0. The van der Waals surface area contributed by atoms with Crippen LogP contribution in [0, 0.1) is 0 Å². The molecule has 0 saturated carbocycles. The Balaban J connectivity index is 2.51. The van der Waals surface area contributed by atoms with E-state index in [2.05, 4.69) is 0 Å². The standard InChI is InChI=1S/C14H18F3N3O3/c15-14(16,17)13(22)20(7-12(19)21)6-11(18)9-23-8-10-4-2-1-3-5-10/h1-5,11H,6-9,18H2,(H2,19,21)/t11-/m1/s1. The second-order valence-electron chi connectivity index (χ2n) is 4.91. The van der Waals surface area contributed by atoms with Gasteiger partial charge in [-0.2, -0.15) is 13.2 Å². The summed E-state index contributed by atoms with van der Waals surface area (Å²) in [6, 6.07) is 8.21. The Bertz CT molecular complexity index is 523. The van der Waals surface area contributed by atoms with E-state index in [4.69, 9.17) is 16.2 Å². The number of carbonyl (C=O) groups is 2. The lowest BCUT2D eigenvalue weighted by atomic mass is 10.2. The Morgan fingerprint density at radius 2 is 1.83 bits per heavy atom. The van der Waals surface area contributed by atoms with Crippen LogP contribution in [0.5, 0.6) is 0 Å². The maximum atomic E-state index is 12.5. The minimum absolute atomic E-state index is 0.0741. The van der Waals surface area contributed by atoms with Crippen molar-refractivity contribution in [3.05, 3.63) is 35.9 Å². The summed E-state index contributed by atoms with van der Waals surface area (Å²) in [5.41, 5.74) is 11.4. The lowest BCUT2D eigenvalue weighted by Crippen LogP contribution is -2.50. The van der Waals surface area contributed by atoms with Gasteiger partial charge in [-0.1, -0.05) is 30.3 Å². The molecule has 0 radical (unpaired) electrons. The number of hydrogen-bond donors (Lipinski definition) is 2. The molecule has 1 aromatic rings. The third-order valence-electron chi connectivity index (χ3n) is 2.77. The number of primary amides is 1. The lowest BCUT2D eigenvalue weighted by molar-refractivity contribution is -0.186.